The Bertz CT molecular complexity index is 1210. The van der Waals surface area contributed by atoms with Gasteiger partial charge >= 0.3 is 0 Å². The molecule has 1 unspecified atom stereocenters. The van der Waals surface area contributed by atoms with Crippen LogP contribution in [0.1, 0.15) is 30.1 Å². The number of anilines is 2. The topological polar surface area (TPSA) is 82.6 Å². The summed E-state index contributed by atoms with van der Waals surface area (Å²) in [6, 6.07) is 20.5. The molecule has 0 radical (unpaired) electrons. The van der Waals surface area contributed by atoms with Crippen molar-refractivity contribution in [2.45, 2.75) is 25.4 Å². The molecule has 7 heteroatoms. The standard InChI is InChI=1S/C25H22N4O3/c1-25-14-13-23(31)29(25)20-10-6-5-9-19(20)24(32)28(25)16-22(30)27-21-12-11-18(15-26-21)17-7-3-2-4-8-17/h2-12,15H,13-14,16H2,1H3,(H,26,27,30). The van der Waals surface area contributed by atoms with Gasteiger partial charge < -0.3 is 10.2 Å². The zero-order valence-corrected chi connectivity index (χ0v) is 17.6. The van der Waals surface area contributed by atoms with Crippen LogP contribution in [-0.4, -0.2) is 39.8 Å². The van der Waals surface area contributed by atoms with Gasteiger partial charge in [0.05, 0.1) is 11.3 Å². The van der Waals surface area contributed by atoms with Gasteiger partial charge in [0.25, 0.3) is 5.91 Å². The van der Waals surface area contributed by atoms with Gasteiger partial charge in [0, 0.05) is 18.2 Å². The fraction of sp³-hybridized carbons (Fsp3) is 0.200. The maximum atomic E-state index is 13.3. The lowest BCUT2D eigenvalue weighted by atomic mass is 9.98. The highest BCUT2D eigenvalue weighted by molar-refractivity contribution is 6.11. The minimum absolute atomic E-state index is 0.0453. The van der Waals surface area contributed by atoms with Crippen LogP contribution in [0.4, 0.5) is 11.5 Å². The molecule has 7 nitrogen and oxygen atoms in total. The molecule has 1 saturated heterocycles. The SMILES string of the molecule is CC12CCC(=O)N1c1ccccc1C(=O)N2CC(=O)Nc1ccc(-c2ccccc2)cn1. The van der Waals surface area contributed by atoms with E-state index in [1.165, 1.54) is 4.90 Å². The number of hydrogen-bond donors (Lipinski definition) is 1. The smallest absolute Gasteiger partial charge is 0.258 e. The first-order valence-corrected chi connectivity index (χ1v) is 10.5. The van der Waals surface area contributed by atoms with Crippen LogP contribution in [0.2, 0.25) is 0 Å². The Morgan fingerprint density at radius 2 is 1.75 bits per heavy atom. The lowest BCUT2D eigenvalue weighted by molar-refractivity contribution is -0.120. The van der Waals surface area contributed by atoms with E-state index in [4.69, 9.17) is 0 Å². The number of rotatable bonds is 4. The Kier molecular flexibility index (Phi) is 4.74. The van der Waals surface area contributed by atoms with Crippen LogP contribution in [0.3, 0.4) is 0 Å². The lowest BCUT2D eigenvalue weighted by Gasteiger charge is -2.48. The van der Waals surface area contributed by atoms with Gasteiger partial charge in [-0.2, -0.15) is 0 Å². The third-order valence-corrected chi connectivity index (χ3v) is 6.19. The first-order valence-electron chi connectivity index (χ1n) is 10.5. The number of amides is 3. The molecular weight excluding hydrogens is 404 g/mol. The number of nitrogens with one attached hydrogen (secondary N) is 1. The minimum Gasteiger partial charge on any atom is -0.309 e. The van der Waals surface area contributed by atoms with Gasteiger partial charge in [0.2, 0.25) is 11.8 Å². The second kappa shape index (κ2) is 7.60. The zero-order chi connectivity index (χ0) is 22.3. The maximum absolute atomic E-state index is 13.3. The summed E-state index contributed by atoms with van der Waals surface area (Å²) in [6.45, 7) is 1.67. The van der Waals surface area contributed by atoms with Crippen molar-refractivity contribution in [2.24, 2.45) is 0 Å². The molecule has 0 spiro atoms. The molecule has 160 valence electrons. The quantitative estimate of drug-likeness (QED) is 0.690. The molecule has 5 rings (SSSR count). The molecule has 3 aromatic rings. The molecule has 1 atom stereocenters. The van der Waals surface area contributed by atoms with Gasteiger partial charge in [-0.3, -0.25) is 19.3 Å². The summed E-state index contributed by atoms with van der Waals surface area (Å²) < 4.78 is 0. The van der Waals surface area contributed by atoms with Crippen molar-refractivity contribution in [3.8, 4) is 11.1 Å². The predicted octanol–water partition coefficient (Wildman–Crippen LogP) is 3.69. The molecule has 3 heterocycles. The molecule has 2 aromatic carbocycles. The van der Waals surface area contributed by atoms with E-state index >= 15 is 0 Å². The van der Waals surface area contributed by atoms with E-state index in [2.05, 4.69) is 10.3 Å². The number of fused-ring (bicyclic) bond motifs is 3. The highest BCUT2D eigenvalue weighted by atomic mass is 16.2. The lowest BCUT2D eigenvalue weighted by Crippen LogP contribution is -2.63. The van der Waals surface area contributed by atoms with Crippen LogP contribution in [0.5, 0.6) is 0 Å². The molecule has 0 saturated carbocycles. The van der Waals surface area contributed by atoms with E-state index in [9.17, 15) is 14.4 Å². The van der Waals surface area contributed by atoms with Gasteiger partial charge in [0.1, 0.15) is 18.0 Å². The predicted molar refractivity (Wildman–Crippen MR) is 121 cm³/mol. The van der Waals surface area contributed by atoms with Gasteiger partial charge in [-0.15, -0.1) is 0 Å². The summed E-state index contributed by atoms with van der Waals surface area (Å²) in [5, 5.41) is 2.77. The highest BCUT2D eigenvalue weighted by Gasteiger charge is 2.53. The number of carbonyl (C=O) groups excluding carboxylic acids is 3. The number of carbonyl (C=O) groups is 3. The van der Waals surface area contributed by atoms with Crippen molar-refractivity contribution in [3.63, 3.8) is 0 Å². The molecule has 32 heavy (non-hydrogen) atoms. The van der Waals surface area contributed by atoms with Crippen LogP contribution >= 0.6 is 0 Å². The fourth-order valence-electron chi connectivity index (χ4n) is 4.54. The van der Waals surface area contributed by atoms with Gasteiger partial charge in [-0.05, 0) is 43.2 Å². The minimum atomic E-state index is -0.871. The molecule has 2 aliphatic rings. The third kappa shape index (κ3) is 3.22. The van der Waals surface area contributed by atoms with Crippen LogP contribution in [0, 0.1) is 0 Å². The van der Waals surface area contributed by atoms with Gasteiger partial charge in [-0.25, -0.2) is 4.98 Å². The third-order valence-electron chi connectivity index (χ3n) is 6.19. The van der Waals surface area contributed by atoms with Crippen LogP contribution < -0.4 is 10.2 Å². The first kappa shape index (κ1) is 19.9. The summed E-state index contributed by atoms with van der Waals surface area (Å²) >= 11 is 0. The molecule has 0 aliphatic carbocycles. The average Bonchev–Trinajstić information content (AvgIpc) is 3.13. The van der Waals surface area contributed by atoms with Gasteiger partial charge in [-0.1, -0.05) is 42.5 Å². The second-order valence-electron chi connectivity index (χ2n) is 8.20. The Hall–Kier alpha value is -4.00. The molecule has 0 bridgehead atoms. The monoisotopic (exact) mass is 426 g/mol. The average molecular weight is 426 g/mol. The summed E-state index contributed by atoms with van der Waals surface area (Å²) in [6.07, 6.45) is 2.51. The Balaban J connectivity index is 1.36. The second-order valence-corrected chi connectivity index (χ2v) is 8.20. The van der Waals surface area contributed by atoms with E-state index in [0.717, 1.165) is 11.1 Å². The van der Waals surface area contributed by atoms with Crippen LogP contribution in [0.25, 0.3) is 11.1 Å². The summed E-state index contributed by atoms with van der Waals surface area (Å²) in [5.74, 6) is -0.255. The summed E-state index contributed by atoms with van der Waals surface area (Å²) in [5.41, 5.74) is 2.15. The molecule has 2 aliphatic heterocycles. The van der Waals surface area contributed by atoms with E-state index in [1.807, 2.05) is 49.4 Å². The Labute approximate surface area is 185 Å². The number of pyridine rings is 1. The van der Waals surface area contributed by atoms with Crippen molar-refractivity contribution in [3.05, 3.63) is 78.5 Å². The Morgan fingerprint density at radius 1 is 1.00 bits per heavy atom. The maximum Gasteiger partial charge on any atom is 0.258 e. The van der Waals surface area contributed by atoms with E-state index in [-0.39, 0.29) is 24.3 Å². The Morgan fingerprint density at radius 3 is 2.50 bits per heavy atom. The molecular formula is C25H22N4O3. The van der Waals surface area contributed by atoms with E-state index < -0.39 is 5.66 Å². The molecule has 1 fully saturated rings. The molecule has 1 N–H and O–H groups in total. The fourth-order valence-corrected chi connectivity index (χ4v) is 4.54. The highest BCUT2D eigenvalue weighted by Crippen LogP contribution is 2.43. The van der Waals surface area contributed by atoms with Crippen molar-refractivity contribution in [2.75, 3.05) is 16.8 Å². The van der Waals surface area contributed by atoms with Crippen molar-refractivity contribution in [1.29, 1.82) is 0 Å². The molecule has 1 aromatic heterocycles. The van der Waals surface area contributed by atoms with E-state index in [0.29, 0.717) is 29.9 Å². The summed E-state index contributed by atoms with van der Waals surface area (Å²) in [4.78, 5) is 46.2. The van der Waals surface area contributed by atoms with Crippen molar-refractivity contribution in [1.82, 2.24) is 9.88 Å². The van der Waals surface area contributed by atoms with Crippen molar-refractivity contribution < 1.29 is 14.4 Å². The number of nitrogens with zero attached hydrogens (tertiary/aromatic N) is 3. The van der Waals surface area contributed by atoms with E-state index in [1.54, 1.807) is 35.4 Å². The number of aromatic nitrogens is 1. The largest absolute Gasteiger partial charge is 0.309 e. The first-order chi connectivity index (χ1) is 15.5. The van der Waals surface area contributed by atoms with Gasteiger partial charge in [0.15, 0.2) is 0 Å². The van der Waals surface area contributed by atoms with Crippen molar-refractivity contribution >= 4 is 29.2 Å². The number of para-hydroxylation sites is 1. The number of benzene rings is 2. The number of hydrogen-bond acceptors (Lipinski definition) is 4. The normalized spacial score (nSPS) is 19.5. The zero-order valence-electron chi connectivity index (χ0n) is 17.6. The van der Waals surface area contributed by atoms with Crippen LogP contribution in [0.15, 0.2) is 72.9 Å². The summed E-state index contributed by atoms with van der Waals surface area (Å²) in [7, 11) is 0. The van der Waals surface area contributed by atoms with Crippen LogP contribution in [-0.2, 0) is 9.59 Å². The molecule has 3 amide bonds.